The van der Waals surface area contributed by atoms with E-state index in [4.69, 9.17) is 4.74 Å². The number of amides is 1. The van der Waals surface area contributed by atoms with E-state index in [0.717, 1.165) is 18.2 Å². The van der Waals surface area contributed by atoms with Gasteiger partial charge in [0.1, 0.15) is 17.2 Å². The van der Waals surface area contributed by atoms with Gasteiger partial charge in [-0.2, -0.15) is 0 Å². The molecule has 0 radical (unpaired) electrons. The number of carbonyl (C=O) groups excluding carboxylic acids is 3. The summed E-state index contributed by atoms with van der Waals surface area (Å²) in [4.78, 5) is 36.9. The molecule has 7 heteroatoms. The monoisotopic (exact) mass is 409 g/mol. The summed E-state index contributed by atoms with van der Waals surface area (Å²) in [6.07, 6.45) is -1.47. The van der Waals surface area contributed by atoms with Crippen LogP contribution < -0.4 is 5.32 Å². The lowest BCUT2D eigenvalue weighted by molar-refractivity contribution is -0.125. The summed E-state index contributed by atoms with van der Waals surface area (Å²) >= 11 is 0. The van der Waals surface area contributed by atoms with Gasteiger partial charge in [-0.1, -0.05) is 48.5 Å². The molecule has 0 aliphatic carbocycles. The number of esters is 1. The molecule has 0 spiro atoms. The lowest BCUT2D eigenvalue weighted by Crippen LogP contribution is -2.26. The maximum absolute atomic E-state index is 13.9. The van der Waals surface area contributed by atoms with Crippen LogP contribution in [0.3, 0.4) is 0 Å². The average Bonchev–Trinajstić information content (AvgIpc) is 2.72. The first-order valence-electron chi connectivity index (χ1n) is 8.98. The van der Waals surface area contributed by atoms with Crippen molar-refractivity contribution >= 4 is 23.3 Å². The molecular formula is C23H17F2NO4. The molecule has 0 aliphatic heterocycles. The maximum atomic E-state index is 13.9. The quantitative estimate of drug-likeness (QED) is 0.473. The topological polar surface area (TPSA) is 72.5 Å². The van der Waals surface area contributed by atoms with Gasteiger partial charge >= 0.3 is 5.97 Å². The van der Waals surface area contributed by atoms with Crippen LogP contribution in [-0.2, 0) is 9.53 Å². The SMILES string of the molecule is CC(=O)c1cccc(NC(=O)[C@@H](OC(=O)c2c(F)cccc2F)c2ccccc2)c1. The van der Waals surface area contributed by atoms with Crippen molar-refractivity contribution in [1.29, 1.82) is 0 Å². The second-order valence-corrected chi connectivity index (χ2v) is 6.42. The highest BCUT2D eigenvalue weighted by molar-refractivity contribution is 6.00. The van der Waals surface area contributed by atoms with Crippen LogP contribution >= 0.6 is 0 Å². The molecule has 0 saturated carbocycles. The summed E-state index contributed by atoms with van der Waals surface area (Å²) < 4.78 is 33.1. The highest BCUT2D eigenvalue weighted by Crippen LogP contribution is 2.24. The van der Waals surface area contributed by atoms with Crippen LogP contribution in [0.1, 0.15) is 39.3 Å². The molecule has 0 aromatic heterocycles. The molecule has 0 saturated heterocycles. The van der Waals surface area contributed by atoms with Crippen LogP contribution in [0.25, 0.3) is 0 Å². The van der Waals surface area contributed by atoms with E-state index in [2.05, 4.69) is 5.32 Å². The molecular weight excluding hydrogens is 392 g/mol. The fourth-order valence-electron chi connectivity index (χ4n) is 2.78. The third kappa shape index (κ3) is 4.75. The van der Waals surface area contributed by atoms with Crippen molar-refractivity contribution in [2.45, 2.75) is 13.0 Å². The first kappa shape index (κ1) is 20.9. The Labute approximate surface area is 171 Å². The van der Waals surface area contributed by atoms with E-state index >= 15 is 0 Å². The summed E-state index contributed by atoms with van der Waals surface area (Å²) in [6.45, 7) is 1.39. The number of ether oxygens (including phenoxy) is 1. The molecule has 152 valence electrons. The lowest BCUT2D eigenvalue weighted by atomic mass is 10.1. The molecule has 0 unspecified atom stereocenters. The summed E-state index contributed by atoms with van der Waals surface area (Å²) in [5.74, 6) is -4.44. The number of rotatable bonds is 6. The van der Waals surface area contributed by atoms with E-state index in [-0.39, 0.29) is 5.78 Å². The number of carbonyl (C=O) groups is 3. The Morgan fingerprint density at radius 2 is 1.50 bits per heavy atom. The van der Waals surface area contributed by atoms with Crippen LogP contribution in [0.2, 0.25) is 0 Å². The Morgan fingerprint density at radius 3 is 2.13 bits per heavy atom. The molecule has 3 rings (SSSR count). The van der Waals surface area contributed by atoms with Crippen LogP contribution in [0.5, 0.6) is 0 Å². The van der Waals surface area contributed by atoms with E-state index < -0.39 is 35.2 Å². The Kier molecular flexibility index (Phi) is 6.32. The Morgan fingerprint density at radius 1 is 0.867 bits per heavy atom. The molecule has 0 fully saturated rings. The zero-order valence-electron chi connectivity index (χ0n) is 15.9. The van der Waals surface area contributed by atoms with Crippen LogP contribution in [0, 0.1) is 11.6 Å². The minimum Gasteiger partial charge on any atom is -0.444 e. The summed E-state index contributed by atoms with van der Waals surface area (Å²) in [5.41, 5.74) is 0.115. The van der Waals surface area contributed by atoms with Gasteiger partial charge in [0.15, 0.2) is 5.78 Å². The highest BCUT2D eigenvalue weighted by atomic mass is 19.1. The van der Waals surface area contributed by atoms with Gasteiger partial charge in [-0.3, -0.25) is 9.59 Å². The predicted octanol–water partition coefficient (Wildman–Crippen LogP) is 4.70. The fraction of sp³-hybridized carbons (Fsp3) is 0.0870. The third-order valence-corrected chi connectivity index (χ3v) is 4.27. The molecule has 0 heterocycles. The van der Waals surface area contributed by atoms with Gasteiger partial charge in [0.2, 0.25) is 6.10 Å². The largest absolute Gasteiger partial charge is 0.444 e. The van der Waals surface area contributed by atoms with Crippen molar-refractivity contribution in [1.82, 2.24) is 0 Å². The number of Topliss-reactive ketones (excluding diaryl/α,β-unsaturated/α-hetero) is 1. The molecule has 30 heavy (non-hydrogen) atoms. The number of hydrogen-bond donors (Lipinski definition) is 1. The van der Waals surface area contributed by atoms with E-state index in [1.807, 2.05) is 0 Å². The van der Waals surface area contributed by atoms with Gasteiger partial charge < -0.3 is 10.1 Å². The lowest BCUT2D eigenvalue weighted by Gasteiger charge is -2.18. The Bertz CT molecular complexity index is 1080. The molecule has 1 N–H and O–H groups in total. The Balaban J connectivity index is 1.90. The minimum absolute atomic E-state index is 0.188. The fourth-order valence-corrected chi connectivity index (χ4v) is 2.78. The van der Waals surface area contributed by atoms with Gasteiger partial charge in [0, 0.05) is 16.8 Å². The number of ketones is 1. The zero-order chi connectivity index (χ0) is 21.7. The van der Waals surface area contributed by atoms with Gasteiger partial charge in [0.25, 0.3) is 5.91 Å². The molecule has 3 aromatic carbocycles. The smallest absolute Gasteiger partial charge is 0.345 e. The van der Waals surface area contributed by atoms with E-state index in [1.165, 1.54) is 13.0 Å². The normalized spacial score (nSPS) is 11.4. The summed E-state index contributed by atoms with van der Waals surface area (Å²) in [7, 11) is 0. The van der Waals surface area contributed by atoms with Crippen molar-refractivity contribution in [3.8, 4) is 0 Å². The highest BCUT2D eigenvalue weighted by Gasteiger charge is 2.28. The molecule has 0 bridgehead atoms. The molecule has 3 aromatic rings. The van der Waals surface area contributed by atoms with Crippen molar-refractivity contribution < 1.29 is 27.9 Å². The van der Waals surface area contributed by atoms with Gasteiger partial charge in [0.05, 0.1) is 0 Å². The number of benzene rings is 3. The number of halogens is 2. The van der Waals surface area contributed by atoms with Gasteiger partial charge in [-0.25, -0.2) is 13.6 Å². The van der Waals surface area contributed by atoms with Crippen LogP contribution in [-0.4, -0.2) is 17.7 Å². The molecule has 1 amide bonds. The van der Waals surface area contributed by atoms with Crippen LogP contribution in [0.15, 0.2) is 72.8 Å². The molecule has 0 aliphatic rings. The van der Waals surface area contributed by atoms with Crippen LogP contribution in [0.4, 0.5) is 14.5 Å². The van der Waals surface area contributed by atoms with E-state index in [9.17, 15) is 23.2 Å². The number of hydrogen-bond acceptors (Lipinski definition) is 4. The number of nitrogens with one attached hydrogen (secondary N) is 1. The Hall–Kier alpha value is -3.87. The van der Waals surface area contributed by atoms with E-state index in [1.54, 1.807) is 48.5 Å². The second kappa shape index (κ2) is 9.09. The summed E-state index contributed by atoms with van der Waals surface area (Å²) in [6, 6.07) is 17.2. The summed E-state index contributed by atoms with van der Waals surface area (Å²) in [5, 5.41) is 2.57. The van der Waals surface area contributed by atoms with E-state index in [0.29, 0.717) is 16.8 Å². The first-order valence-corrected chi connectivity index (χ1v) is 8.98. The number of anilines is 1. The molecule has 5 nitrogen and oxygen atoms in total. The van der Waals surface area contributed by atoms with Gasteiger partial charge in [-0.05, 0) is 31.2 Å². The zero-order valence-corrected chi connectivity index (χ0v) is 15.9. The average molecular weight is 409 g/mol. The first-order chi connectivity index (χ1) is 14.4. The van der Waals surface area contributed by atoms with Gasteiger partial charge in [-0.15, -0.1) is 0 Å². The third-order valence-electron chi connectivity index (χ3n) is 4.27. The van der Waals surface area contributed by atoms with Crippen molar-refractivity contribution in [3.63, 3.8) is 0 Å². The predicted molar refractivity (Wildman–Crippen MR) is 106 cm³/mol. The minimum atomic E-state index is -1.47. The standard InChI is InChI=1S/C23H17F2NO4/c1-14(27)16-9-5-10-17(13-16)26-22(28)21(15-7-3-2-4-8-15)30-23(29)20-18(24)11-6-12-19(20)25/h2-13,21H,1H3,(H,26,28)/t21-/m0/s1. The molecule has 1 atom stereocenters. The maximum Gasteiger partial charge on any atom is 0.345 e. The van der Waals surface area contributed by atoms with Crippen molar-refractivity contribution in [2.24, 2.45) is 0 Å². The second-order valence-electron chi connectivity index (χ2n) is 6.42. The van der Waals surface area contributed by atoms with Crippen molar-refractivity contribution in [2.75, 3.05) is 5.32 Å². The van der Waals surface area contributed by atoms with Crippen molar-refractivity contribution in [3.05, 3.63) is 101 Å².